The van der Waals surface area contributed by atoms with Crippen LogP contribution in [-0.4, -0.2) is 23.8 Å². The van der Waals surface area contributed by atoms with Crippen molar-refractivity contribution in [2.24, 2.45) is 4.99 Å². The predicted molar refractivity (Wildman–Crippen MR) is 198 cm³/mol. The van der Waals surface area contributed by atoms with E-state index in [4.69, 9.17) is 42.4 Å². The Labute approximate surface area is 309 Å². The number of hydrogen-bond acceptors (Lipinski definition) is 7. The topological polar surface area (TPSA) is 79.1 Å². The highest BCUT2D eigenvalue weighted by Gasteiger charge is 2.35. The molecule has 0 bridgehead atoms. The van der Waals surface area contributed by atoms with Gasteiger partial charge in [0.15, 0.2) is 4.80 Å². The van der Waals surface area contributed by atoms with Crippen molar-refractivity contribution in [2.45, 2.75) is 39.5 Å². The molecule has 4 aromatic rings. The van der Waals surface area contributed by atoms with Crippen molar-refractivity contribution in [3.63, 3.8) is 0 Å². The molecular weight excluding hydrogens is 929 g/mol. The summed E-state index contributed by atoms with van der Waals surface area (Å²) in [6, 6.07) is 13.9. The molecule has 0 unspecified atom stereocenters. The first-order valence-electron chi connectivity index (χ1n) is 13.5. The van der Waals surface area contributed by atoms with Crippen LogP contribution < -0.4 is 24.4 Å². The van der Waals surface area contributed by atoms with Gasteiger partial charge in [0.2, 0.25) is 0 Å². The number of benzene rings is 3. The monoisotopic (exact) mass is 952 g/mol. The van der Waals surface area contributed by atoms with Gasteiger partial charge in [-0.3, -0.25) is 9.36 Å². The SMILES string of the molecule is COc1ccc(Br)cc1[C@H]1C(C(=O)OC(C)C)=C(C)N=c2s/c(=C\c3cc(I)c(OCc4ccc(Cl)cc4Cl)c(I)c3)c(=O)n21. The number of nitrogens with zero attached hydrogens (tertiary/aromatic N) is 2. The predicted octanol–water partition coefficient (Wildman–Crippen LogP) is 8.05. The molecule has 13 heteroatoms. The number of thiazole rings is 1. The maximum atomic E-state index is 14.1. The van der Waals surface area contributed by atoms with E-state index in [1.807, 2.05) is 36.4 Å². The molecule has 234 valence electrons. The smallest absolute Gasteiger partial charge is 0.338 e. The first-order valence-corrected chi connectivity index (χ1v) is 18.0. The summed E-state index contributed by atoms with van der Waals surface area (Å²) in [7, 11) is 1.56. The Bertz CT molecular complexity index is 2020. The summed E-state index contributed by atoms with van der Waals surface area (Å²) in [4.78, 5) is 32.8. The molecule has 0 fully saturated rings. The van der Waals surface area contributed by atoms with Crippen LogP contribution in [0.2, 0.25) is 10.0 Å². The highest BCUT2D eigenvalue weighted by Crippen LogP contribution is 2.38. The third-order valence-electron chi connectivity index (χ3n) is 6.78. The van der Waals surface area contributed by atoms with Gasteiger partial charge in [0.25, 0.3) is 5.56 Å². The maximum Gasteiger partial charge on any atom is 0.338 e. The molecule has 0 amide bonds. The third kappa shape index (κ3) is 7.48. The van der Waals surface area contributed by atoms with Gasteiger partial charge >= 0.3 is 5.97 Å². The fourth-order valence-corrected chi connectivity index (χ4v) is 8.83. The largest absolute Gasteiger partial charge is 0.496 e. The van der Waals surface area contributed by atoms with Crippen LogP contribution in [0.4, 0.5) is 0 Å². The average molecular weight is 954 g/mol. The van der Waals surface area contributed by atoms with Crippen molar-refractivity contribution in [2.75, 3.05) is 7.11 Å². The average Bonchev–Trinajstić information content (AvgIpc) is 3.26. The molecule has 0 radical (unpaired) electrons. The third-order valence-corrected chi connectivity index (χ3v) is 10.4. The van der Waals surface area contributed by atoms with Crippen LogP contribution in [0, 0.1) is 7.14 Å². The van der Waals surface area contributed by atoms with Crippen LogP contribution in [0.25, 0.3) is 6.08 Å². The lowest BCUT2D eigenvalue weighted by atomic mass is 9.95. The Kier molecular flexibility index (Phi) is 11.1. The molecule has 7 nitrogen and oxygen atoms in total. The summed E-state index contributed by atoms with van der Waals surface area (Å²) < 4.78 is 22.0. The van der Waals surface area contributed by atoms with Gasteiger partial charge in [-0.2, -0.15) is 0 Å². The second-order valence-electron chi connectivity index (χ2n) is 10.3. The number of rotatable bonds is 8. The van der Waals surface area contributed by atoms with Gasteiger partial charge in [0, 0.05) is 25.6 Å². The number of allylic oxidation sites excluding steroid dienone is 1. The minimum atomic E-state index is -0.808. The van der Waals surface area contributed by atoms with Gasteiger partial charge in [-0.05, 0) is 120 Å². The van der Waals surface area contributed by atoms with Gasteiger partial charge in [-0.25, -0.2) is 9.79 Å². The van der Waals surface area contributed by atoms with E-state index >= 15 is 0 Å². The number of hydrogen-bond donors (Lipinski definition) is 0. The minimum absolute atomic E-state index is 0.278. The standard InChI is InChI=1S/C32H25BrCl2I2N2O5S/c1-15(2)44-31(41)27-16(3)38-32-39(28(27)21-12-19(33)6-8-25(21)42-4)30(40)26(45-32)11-17-9-23(36)29(24(37)10-17)43-14-18-5-7-20(34)13-22(18)35/h5-13,15,28H,14H2,1-4H3/b26-11-/t28-/m0/s1. The highest BCUT2D eigenvalue weighted by molar-refractivity contribution is 14.1. The lowest BCUT2D eigenvalue weighted by molar-refractivity contribution is -0.143. The first kappa shape index (κ1) is 34.4. The van der Waals surface area contributed by atoms with Gasteiger partial charge in [0.05, 0.1) is 36.2 Å². The fraction of sp³-hybridized carbons (Fsp3) is 0.219. The Hall–Kier alpha value is -1.91. The summed E-state index contributed by atoms with van der Waals surface area (Å²) in [5.74, 6) is 0.709. The van der Waals surface area contributed by atoms with Crippen LogP contribution in [0.1, 0.15) is 43.5 Å². The summed E-state index contributed by atoms with van der Waals surface area (Å²) in [5, 5.41) is 1.10. The molecule has 0 aliphatic carbocycles. The molecule has 0 N–H and O–H groups in total. The number of carbonyl (C=O) groups is 1. The molecule has 1 aliphatic heterocycles. The molecule has 0 spiro atoms. The molecule has 0 saturated carbocycles. The molecule has 1 aromatic heterocycles. The number of fused-ring (bicyclic) bond motifs is 1. The minimum Gasteiger partial charge on any atom is -0.496 e. The van der Waals surface area contributed by atoms with E-state index in [1.54, 1.807) is 50.6 Å². The maximum absolute atomic E-state index is 14.1. The second-order valence-corrected chi connectivity index (χ2v) is 15.4. The van der Waals surface area contributed by atoms with E-state index in [0.717, 1.165) is 22.7 Å². The van der Waals surface area contributed by atoms with Crippen LogP contribution in [0.5, 0.6) is 11.5 Å². The van der Waals surface area contributed by atoms with E-state index < -0.39 is 12.0 Å². The zero-order chi connectivity index (χ0) is 32.6. The van der Waals surface area contributed by atoms with Crippen molar-refractivity contribution >= 4 is 108 Å². The van der Waals surface area contributed by atoms with Crippen molar-refractivity contribution in [1.29, 1.82) is 0 Å². The first-order chi connectivity index (χ1) is 21.4. The van der Waals surface area contributed by atoms with E-state index in [-0.39, 0.29) is 23.8 Å². The summed E-state index contributed by atoms with van der Waals surface area (Å²) in [5.41, 5.74) is 2.75. The number of carbonyl (C=O) groups excluding carboxylic acids is 1. The van der Waals surface area contributed by atoms with Crippen molar-refractivity contribution in [3.8, 4) is 11.5 Å². The zero-order valence-corrected chi connectivity index (χ0v) is 32.5. The van der Waals surface area contributed by atoms with Crippen LogP contribution in [0.15, 0.2) is 74.1 Å². The number of methoxy groups -OCH3 is 1. The zero-order valence-electron chi connectivity index (χ0n) is 24.3. The molecule has 5 rings (SSSR count). The normalized spacial score (nSPS) is 14.8. The molecular formula is C32H25BrCl2I2N2O5S. The van der Waals surface area contributed by atoms with Crippen LogP contribution in [0.3, 0.4) is 0 Å². The van der Waals surface area contributed by atoms with Gasteiger partial charge < -0.3 is 14.2 Å². The van der Waals surface area contributed by atoms with E-state index in [9.17, 15) is 9.59 Å². The lowest BCUT2D eigenvalue weighted by Crippen LogP contribution is -2.40. The molecule has 1 aliphatic rings. The highest BCUT2D eigenvalue weighted by atomic mass is 127. The van der Waals surface area contributed by atoms with Crippen molar-refractivity contribution < 1.29 is 19.0 Å². The number of halogens is 5. The number of ether oxygens (including phenoxy) is 3. The Morgan fingerprint density at radius 1 is 1.13 bits per heavy atom. The van der Waals surface area contributed by atoms with Crippen molar-refractivity contribution in [1.82, 2.24) is 4.57 Å². The molecule has 0 saturated heterocycles. The molecule has 45 heavy (non-hydrogen) atoms. The molecule has 3 aromatic carbocycles. The second kappa shape index (κ2) is 14.5. The van der Waals surface area contributed by atoms with E-state index in [2.05, 4.69) is 61.1 Å². The number of aromatic nitrogens is 1. The Morgan fingerprint density at radius 3 is 2.49 bits per heavy atom. The molecule has 2 heterocycles. The summed E-state index contributed by atoms with van der Waals surface area (Å²) >= 11 is 21.6. The van der Waals surface area contributed by atoms with Crippen LogP contribution in [-0.2, 0) is 16.1 Å². The lowest BCUT2D eigenvalue weighted by Gasteiger charge is -2.26. The van der Waals surface area contributed by atoms with E-state index in [1.165, 1.54) is 11.3 Å². The Morgan fingerprint density at radius 2 is 1.84 bits per heavy atom. The molecule has 1 atom stereocenters. The van der Waals surface area contributed by atoms with Crippen molar-refractivity contribution in [3.05, 3.63) is 118 Å². The fourth-order valence-electron chi connectivity index (χ4n) is 4.81. The Balaban J connectivity index is 1.59. The van der Waals surface area contributed by atoms with E-state index in [0.29, 0.717) is 42.1 Å². The van der Waals surface area contributed by atoms with Gasteiger partial charge in [-0.1, -0.05) is 56.5 Å². The van der Waals surface area contributed by atoms with Gasteiger partial charge in [-0.15, -0.1) is 0 Å². The van der Waals surface area contributed by atoms with Crippen LogP contribution >= 0.6 is 95.7 Å². The summed E-state index contributed by atoms with van der Waals surface area (Å²) in [6.45, 7) is 5.60. The quantitative estimate of drug-likeness (QED) is 0.132. The number of esters is 1. The summed E-state index contributed by atoms with van der Waals surface area (Å²) in [6.07, 6.45) is 1.47. The van der Waals surface area contributed by atoms with Gasteiger partial charge in [0.1, 0.15) is 24.1 Å².